The Morgan fingerprint density at radius 2 is 1.02 bits per heavy atom. The number of aryl methyl sites for hydroxylation is 1. The van der Waals surface area contributed by atoms with E-state index >= 15 is 0 Å². The first-order chi connectivity index (χ1) is 21.7. The molecular weight excluding hydrogens is 557 g/mol. The maximum Gasteiger partial charge on any atom is 0.161 e. The summed E-state index contributed by atoms with van der Waals surface area (Å²) in [7, 11) is 0. The van der Waals surface area contributed by atoms with Crippen molar-refractivity contribution in [1.82, 2.24) is 0 Å². The maximum absolute atomic E-state index is 5.94. The van der Waals surface area contributed by atoms with Gasteiger partial charge in [-0.05, 0) is 60.6 Å². The van der Waals surface area contributed by atoms with Gasteiger partial charge in [0.25, 0.3) is 0 Å². The molecule has 0 bridgehead atoms. The highest BCUT2D eigenvalue weighted by atomic mass is 32.1. The quantitative estimate of drug-likeness (QED) is 0.0408. The second-order valence-electron chi connectivity index (χ2n) is 12.6. The van der Waals surface area contributed by atoms with E-state index in [-0.39, 0.29) is 0 Å². The molecular formula is C41H64O2S. The number of hydrogen-bond donors (Lipinski definition) is 0. The molecule has 2 nitrogen and oxygen atoms in total. The molecule has 0 aliphatic carbocycles. The van der Waals surface area contributed by atoms with E-state index in [4.69, 9.17) is 21.7 Å². The lowest BCUT2D eigenvalue weighted by atomic mass is 10.0. The van der Waals surface area contributed by atoms with Gasteiger partial charge in [0, 0.05) is 4.86 Å². The third kappa shape index (κ3) is 18.0. The van der Waals surface area contributed by atoms with E-state index < -0.39 is 0 Å². The lowest BCUT2D eigenvalue weighted by Gasteiger charge is -2.12. The van der Waals surface area contributed by atoms with Crippen LogP contribution < -0.4 is 9.47 Å². The van der Waals surface area contributed by atoms with E-state index in [1.807, 2.05) is 18.2 Å². The Hall–Kier alpha value is -2.13. The minimum absolute atomic E-state index is 0.680. The molecule has 0 atom stereocenters. The minimum atomic E-state index is 0.680. The summed E-state index contributed by atoms with van der Waals surface area (Å²) in [4.78, 5) is 0.854. The number of unbranched alkanes of at least 4 members (excludes halogenated alkanes) is 17. The van der Waals surface area contributed by atoms with Crippen molar-refractivity contribution in [3.8, 4) is 11.5 Å². The molecule has 0 saturated carbocycles. The van der Waals surface area contributed by atoms with Crippen LogP contribution in [-0.2, 0) is 6.42 Å². The van der Waals surface area contributed by atoms with Crippen molar-refractivity contribution < 1.29 is 9.47 Å². The van der Waals surface area contributed by atoms with Gasteiger partial charge in [0.15, 0.2) is 11.5 Å². The van der Waals surface area contributed by atoms with Crippen LogP contribution in [0.2, 0.25) is 0 Å². The smallest absolute Gasteiger partial charge is 0.161 e. The van der Waals surface area contributed by atoms with E-state index in [0.717, 1.165) is 46.8 Å². The standard InChI is InChI=1S/C41H64O2S/c1-4-7-8-9-10-11-12-13-14-15-16-17-18-19-20-21-22-23-24-36-25-29-38(30-26-36)41(44)32-28-37-27-31-39(42-33-5-2)40(35-37)43-34-6-3/h25-32,35H,4-24,33-34H2,1-3H3. The zero-order valence-corrected chi connectivity index (χ0v) is 29.5. The zero-order chi connectivity index (χ0) is 31.5. The molecule has 0 fully saturated rings. The van der Waals surface area contributed by atoms with Gasteiger partial charge < -0.3 is 9.47 Å². The third-order valence-corrected chi connectivity index (χ3v) is 8.75. The molecule has 2 aromatic rings. The number of allylic oxidation sites excluding steroid dienone is 1. The Morgan fingerprint density at radius 1 is 0.545 bits per heavy atom. The Labute approximate surface area is 277 Å². The lowest BCUT2D eigenvalue weighted by molar-refractivity contribution is 0.268. The van der Waals surface area contributed by atoms with Crippen LogP contribution in [0.1, 0.15) is 166 Å². The average molecular weight is 621 g/mol. The molecule has 0 unspecified atom stereocenters. The van der Waals surface area contributed by atoms with Crippen molar-refractivity contribution in [2.24, 2.45) is 0 Å². The van der Waals surface area contributed by atoms with Crippen molar-refractivity contribution in [3.05, 3.63) is 65.2 Å². The summed E-state index contributed by atoms with van der Waals surface area (Å²) >= 11 is 5.72. The molecule has 44 heavy (non-hydrogen) atoms. The molecule has 0 radical (unpaired) electrons. The number of thiocarbonyl (C=S) groups is 1. The monoisotopic (exact) mass is 620 g/mol. The summed E-state index contributed by atoms with van der Waals surface area (Å²) in [6, 6.07) is 15.0. The van der Waals surface area contributed by atoms with E-state index in [1.54, 1.807) is 0 Å². The molecule has 0 spiro atoms. The predicted molar refractivity (Wildman–Crippen MR) is 198 cm³/mol. The van der Waals surface area contributed by atoms with Gasteiger partial charge in [-0.25, -0.2) is 0 Å². The Kier molecular flexibility index (Phi) is 22.6. The number of rotatable bonds is 28. The first-order valence-electron chi connectivity index (χ1n) is 18.4. The van der Waals surface area contributed by atoms with Crippen LogP contribution in [0, 0.1) is 0 Å². The van der Waals surface area contributed by atoms with Crippen molar-refractivity contribution in [2.75, 3.05) is 13.2 Å². The number of hydrogen-bond acceptors (Lipinski definition) is 3. The molecule has 0 heterocycles. The summed E-state index contributed by atoms with van der Waals surface area (Å²) < 4.78 is 11.8. The van der Waals surface area contributed by atoms with Crippen molar-refractivity contribution >= 4 is 23.2 Å². The summed E-state index contributed by atoms with van der Waals surface area (Å²) in [6.45, 7) is 7.89. The molecule has 0 aliphatic rings. The van der Waals surface area contributed by atoms with Crippen LogP contribution in [0.4, 0.5) is 0 Å². The van der Waals surface area contributed by atoms with E-state index in [2.05, 4.69) is 57.2 Å². The van der Waals surface area contributed by atoms with Gasteiger partial charge >= 0.3 is 0 Å². The molecule has 246 valence electrons. The van der Waals surface area contributed by atoms with E-state index in [0.29, 0.717) is 13.2 Å². The lowest BCUT2D eigenvalue weighted by Crippen LogP contribution is -2.01. The van der Waals surface area contributed by atoms with Crippen molar-refractivity contribution in [3.63, 3.8) is 0 Å². The Bertz CT molecular complexity index is 1010. The minimum Gasteiger partial charge on any atom is -0.490 e. The highest BCUT2D eigenvalue weighted by molar-refractivity contribution is 7.81. The molecule has 0 aliphatic heterocycles. The van der Waals surface area contributed by atoms with Crippen molar-refractivity contribution in [2.45, 2.75) is 156 Å². The predicted octanol–water partition coefficient (Wildman–Crippen LogP) is 13.3. The second-order valence-corrected chi connectivity index (χ2v) is 13.0. The summed E-state index contributed by atoms with van der Waals surface area (Å²) in [5, 5.41) is 0. The molecule has 2 rings (SSSR count). The maximum atomic E-state index is 5.94. The average Bonchev–Trinajstić information content (AvgIpc) is 3.05. The third-order valence-electron chi connectivity index (χ3n) is 8.38. The molecule has 3 heteroatoms. The molecule has 0 N–H and O–H groups in total. The fourth-order valence-electron chi connectivity index (χ4n) is 5.62. The van der Waals surface area contributed by atoms with Gasteiger partial charge in [-0.3, -0.25) is 0 Å². The largest absolute Gasteiger partial charge is 0.490 e. The SMILES string of the molecule is CCCCCCCCCCCCCCCCCCCCc1ccc(C(=S)C=Cc2ccc(OCCC)c(OCCC)c2)cc1. The van der Waals surface area contributed by atoms with E-state index in [9.17, 15) is 0 Å². The van der Waals surface area contributed by atoms with Crippen LogP contribution in [0.25, 0.3) is 6.08 Å². The van der Waals surface area contributed by atoms with Gasteiger partial charge in [0.05, 0.1) is 13.2 Å². The fraction of sp³-hybridized carbons (Fsp3) is 0.634. The van der Waals surface area contributed by atoms with Crippen LogP contribution in [0.3, 0.4) is 0 Å². The van der Waals surface area contributed by atoms with Gasteiger partial charge in [-0.2, -0.15) is 0 Å². The second kappa shape index (κ2) is 26.1. The molecule has 0 amide bonds. The molecule has 2 aromatic carbocycles. The first kappa shape index (κ1) is 38.1. The van der Waals surface area contributed by atoms with Gasteiger partial charge in [-0.1, -0.05) is 179 Å². The normalized spacial score (nSPS) is 11.3. The van der Waals surface area contributed by atoms with Crippen LogP contribution in [0.5, 0.6) is 11.5 Å². The fourth-order valence-corrected chi connectivity index (χ4v) is 5.82. The van der Waals surface area contributed by atoms with Gasteiger partial charge in [0.2, 0.25) is 0 Å². The van der Waals surface area contributed by atoms with Crippen LogP contribution in [-0.4, -0.2) is 18.1 Å². The van der Waals surface area contributed by atoms with E-state index in [1.165, 1.54) is 121 Å². The Balaban J connectivity index is 1.54. The molecule has 0 aromatic heterocycles. The van der Waals surface area contributed by atoms with Crippen LogP contribution in [0.15, 0.2) is 48.5 Å². The summed E-state index contributed by atoms with van der Waals surface area (Å²) in [5.74, 6) is 1.61. The zero-order valence-electron chi connectivity index (χ0n) is 28.7. The van der Waals surface area contributed by atoms with Gasteiger partial charge in [0.1, 0.15) is 0 Å². The summed E-state index contributed by atoms with van der Waals surface area (Å²) in [6.07, 6.45) is 32.8. The number of ether oxygens (including phenoxy) is 2. The molecule has 0 saturated heterocycles. The Morgan fingerprint density at radius 3 is 1.52 bits per heavy atom. The number of benzene rings is 2. The first-order valence-corrected chi connectivity index (χ1v) is 18.8. The highest BCUT2D eigenvalue weighted by Gasteiger charge is 2.06. The highest BCUT2D eigenvalue weighted by Crippen LogP contribution is 2.29. The van der Waals surface area contributed by atoms with Crippen molar-refractivity contribution in [1.29, 1.82) is 0 Å². The topological polar surface area (TPSA) is 18.5 Å². The van der Waals surface area contributed by atoms with Crippen LogP contribution >= 0.6 is 12.2 Å². The summed E-state index contributed by atoms with van der Waals surface area (Å²) in [5.41, 5.74) is 3.58. The van der Waals surface area contributed by atoms with Gasteiger partial charge in [-0.15, -0.1) is 0 Å².